The highest BCUT2D eigenvalue weighted by atomic mass is 35.5. The number of likely N-dealkylation sites (N-methyl/N-ethyl adjacent to an activating group) is 1. The highest BCUT2D eigenvalue weighted by molar-refractivity contribution is 6.31. The number of ether oxygens (including phenoxy) is 1. The van der Waals surface area contributed by atoms with Crippen molar-refractivity contribution in [2.45, 2.75) is 12.5 Å². The summed E-state index contributed by atoms with van der Waals surface area (Å²) in [4.78, 5) is 4.04. The van der Waals surface area contributed by atoms with Crippen LogP contribution in [0.15, 0.2) is 36.7 Å². The summed E-state index contributed by atoms with van der Waals surface area (Å²) in [5.41, 5.74) is 1.87. The number of halogens is 2. The van der Waals surface area contributed by atoms with E-state index in [4.69, 9.17) is 16.3 Å². The number of hydrogen-bond acceptors (Lipinski definition) is 3. The molecule has 1 N–H and O–H groups in total. The number of rotatable bonds is 5. The summed E-state index contributed by atoms with van der Waals surface area (Å²) in [6.45, 7) is 0. The van der Waals surface area contributed by atoms with Gasteiger partial charge in [-0.2, -0.15) is 0 Å². The number of aromatic nitrogens is 1. The molecule has 1 atom stereocenters. The first kappa shape index (κ1) is 14.8. The van der Waals surface area contributed by atoms with Crippen molar-refractivity contribution in [2.24, 2.45) is 0 Å². The monoisotopic (exact) mass is 294 g/mol. The van der Waals surface area contributed by atoms with E-state index >= 15 is 0 Å². The van der Waals surface area contributed by atoms with Crippen LogP contribution in [0.4, 0.5) is 4.39 Å². The Labute approximate surface area is 122 Å². The maximum absolute atomic E-state index is 13.1. The third-order valence-corrected chi connectivity index (χ3v) is 3.55. The third kappa shape index (κ3) is 3.26. The van der Waals surface area contributed by atoms with Crippen molar-refractivity contribution < 1.29 is 9.13 Å². The minimum atomic E-state index is -0.332. The van der Waals surface area contributed by atoms with Gasteiger partial charge < -0.3 is 10.1 Å². The second-order valence-electron chi connectivity index (χ2n) is 4.40. The second-order valence-corrected chi connectivity index (χ2v) is 4.81. The molecule has 0 aliphatic carbocycles. The smallest absolute Gasteiger partial charge is 0.141 e. The van der Waals surface area contributed by atoms with Crippen LogP contribution in [0, 0.1) is 5.82 Å². The molecule has 0 fully saturated rings. The van der Waals surface area contributed by atoms with E-state index < -0.39 is 0 Å². The Morgan fingerprint density at radius 3 is 2.85 bits per heavy atom. The van der Waals surface area contributed by atoms with Crippen molar-refractivity contribution in [1.29, 1.82) is 0 Å². The van der Waals surface area contributed by atoms with Crippen LogP contribution >= 0.6 is 11.6 Å². The Bertz CT molecular complexity index is 592. The number of nitrogens with zero attached hydrogens (tertiary/aromatic N) is 1. The van der Waals surface area contributed by atoms with Gasteiger partial charge in [-0.25, -0.2) is 4.39 Å². The average Bonchev–Trinajstić information content (AvgIpc) is 2.46. The summed E-state index contributed by atoms with van der Waals surface area (Å²) < 4.78 is 18.4. The highest BCUT2D eigenvalue weighted by Gasteiger charge is 2.16. The van der Waals surface area contributed by atoms with Gasteiger partial charge in [0.2, 0.25) is 0 Å². The Balaban J connectivity index is 2.29. The van der Waals surface area contributed by atoms with Crippen LogP contribution in [0.2, 0.25) is 5.02 Å². The Hall–Kier alpha value is -1.65. The number of hydrogen-bond donors (Lipinski definition) is 1. The molecular formula is C15H16ClFN2O. The van der Waals surface area contributed by atoms with Crippen LogP contribution in [0.3, 0.4) is 0 Å². The third-order valence-electron chi connectivity index (χ3n) is 3.20. The summed E-state index contributed by atoms with van der Waals surface area (Å²) in [6, 6.07) is 6.36. The first-order valence-electron chi connectivity index (χ1n) is 6.24. The quantitative estimate of drug-likeness (QED) is 0.918. The van der Waals surface area contributed by atoms with E-state index in [9.17, 15) is 4.39 Å². The Morgan fingerprint density at radius 1 is 1.40 bits per heavy atom. The predicted octanol–water partition coefficient (Wildman–Crippen LogP) is 3.39. The second kappa shape index (κ2) is 6.68. The van der Waals surface area contributed by atoms with E-state index in [1.165, 1.54) is 12.1 Å². The van der Waals surface area contributed by atoms with E-state index in [2.05, 4.69) is 10.3 Å². The van der Waals surface area contributed by atoms with Gasteiger partial charge in [-0.3, -0.25) is 4.98 Å². The lowest BCUT2D eigenvalue weighted by atomic mass is 9.99. The van der Waals surface area contributed by atoms with Crippen molar-refractivity contribution in [2.75, 3.05) is 14.2 Å². The van der Waals surface area contributed by atoms with Crippen LogP contribution in [0.5, 0.6) is 5.75 Å². The number of pyridine rings is 1. The lowest BCUT2D eigenvalue weighted by Gasteiger charge is -2.19. The van der Waals surface area contributed by atoms with Gasteiger partial charge in [0.1, 0.15) is 11.6 Å². The van der Waals surface area contributed by atoms with Gasteiger partial charge >= 0.3 is 0 Å². The fourth-order valence-corrected chi connectivity index (χ4v) is 2.37. The molecule has 1 aromatic carbocycles. The topological polar surface area (TPSA) is 34.2 Å². The fourth-order valence-electron chi connectivity index (χ4n) is 2.12. The molecule has 0 bridgehead atoms. The summed E-state index contributed by atoms with van der Waals surface area (Å²) >= 11 is 6.08. The van der Waals surface area contributed by atoms with Crippen molar-refractivity contribution in [3.05, 3.63) is 58.6 Å². The minimum Gasteiger partial charge on any atom is -0.495 e. The molecule has 106 valence electrons. The van der Waals surface area contributed by atoms with E-state index in [0.29, 0.717) is 17.2 Å². The lowest BCUT2D eigenvalue weighted by Crippen LogP contribution is -2.20. The van der Waals surface area contributed by atoms with Gasteiger partial charge in [-0.15, -0.1) is 0 Å². The summed E-state index contributed by atoms with van der Waals surface area (Å²) in [5, 5.41) is 3.65. The van der Waals surface area contributed by atoms with Gasteiger partial charge in [0.15, 0.2) is 0 Å². The molecule has 1 aromatic heterocycles. The zero-order chi connectivity index (χ0) is 14.5. The maximum atomic E-state index is 13.1. The molecule has 1 heterocycles. The van der Waals surface area contributed by atoms with Crippen LogP contribution in [0.25, 0.3) is 0 Å². The molecule has 2 rings (SSSR count). The Morgan fingerprint density at radius 2 is 2.20 bits per heavy atom. The molecule has 0 aliphatic rings. The number of nitrogens with one attached hydrogen (secondary N) is 1. The van der Waals surface area contributed by atoms with Gasteiger partial charge in [-0.1, -0.05) is 17.7 Å². The molecule has 0 spiro atoms. The maximum Gasteiger partial charge on any atom is 0.141 e. The van der Waals surface area contributed by atoms with E-state index in [0.717, 1.165) is 11.1 Å². The van der Waals surface area contributed by atoms with Crippen molar-refractivity contribution in [1.82, 2.24) is 10.3 Å². The fraction of sp³-hybridized carbons (Fsp3) is 0.267. The zero-order valence-corrected chi connectivity index (χ0v) is 12.1. The molecule has 0 aliphatic heterocycles. The SMILES string of the molecule is CNC(Cc1ccc(F)cc1Cl)c1ccncc1OC. The molecule has 5 heteroatoms. The highest BCUT2D eigenvalue weighted by Crippen LogP contribution is 2.28. The normalized spacial score (nSPS) is 12.2. The lowest BCUT2D eigenvalue weighted by molar-refractivity contribution is 0.399. The minimum absolute atomic E-state index is 0.0101. The first-order valence-corrected chi connectivity index (χ1v) is 6.62. The van der Waals surface area contributed by atoms with Gasteiger partial charge in [0, 0.05) is 22.8 Å². The summed E-state index contributed by atoms with van der Waals surface area (Å²) in [5.74, 6) is 0.381. The molecule has 3 nitrogen and oxygen atoms in total. The molecule has 20 heavy (non-hydrogen) atoms. The summed E-state index contributed by atoms with van der Waals surface area (Å²) in [6.07, 6.45) is 4.02. The summed E-state index contributed by atoms with van der Waals surface area (Å²) in [7, 11) is 3.47. The van der Waals surface area contributed by atoms with Crippen LogP contribution in [-0.2, 0) is 6.42 Å². The average molecular weight is 295 g/mol. The van der Waals surface area contributed by atoms with Crippen LogP contribution < -0.4 is 10.1 Å². The van der Waals surface area contributed by atoms with E-state index in [1.54, 1.807) is 25.6 Å². The Kier molecular flexibility index (Phi) is 4.93. The number of methoxy groups -OCH3 is 1. The van der Waals surface area contributed by atoms with E-state index in [-0.39, 0.29) is 11.9 Å². The van der Waals surface area contributed by atoms with Crippen molar-refractivity contribution >= 4 is 11.6 Å². The largest absolute Gasteiger partial charge is 0.495 e. The molecule has 0 amide bonds. The van der Waals surface area contributed by atoms with Crippen LogP contribution in [0.1, 0.15) is 17.2 Å². The number of benzene rings is 1. The first-order chi connectivity index (χ1) is 9.65. The van der Waals surface area contributed by atoms with Crippen molar-refractivity contribution in [3.8, 4) is 5.75 Å². The molecular weight excluding hydrogens is 279 g/mol. The molecule has 0 saturated carbocycles. The molecule has 2 aromatic rings. The van der Waals surface area contributed by atoms with E-state index in [1.807, 2.05) is 13.1 Å². The molecule has 1 unspecified atom stereocenters. The molecule has 0 radical (unpaired) electrons. The van der Waals surface area contributed by atoms with Gasteiger partial charge in [-0.05, 0) is 37.2 Å². The van der Waals surface area contributed by atoms with Gasteiger partial charge in [0.25, 0.3) is 0 Å². The standard InChI is InChI=1S/C15H16ClFN2O/c1-18-14(12-5-6-19-9-15(12)20-2)7-10-3-4-11(17)8-13(10)16/h3-6,8-9,14,18H,7H2,1-2H3. The zero-order valence-electron chi connectivity index (χ0n) is 11.4. The molecule has 0 saturated heterocycles. The van der Waals surface area contributed by atoms with Gasteiger partial charge in [0.05, 0.1) is 13.3 Å². The van der Waals surface area contributed by atoms with Crippen LogP contribution in [-0.4, -0.2) is 19.1 Å². The predicted molar refractivity (Wildman–Crippen MR) is 77.7 cm³/mol. The van der Waals surface area contributed by atoms with Crippen molar-refractivity contribution in [3.63, 3.8) is 0 Å².